The summed E-state index contributed by atoms with van der Waals surface area (Å²) in [6.45, 7) is -0.0798. The minimum atomic E-state index is -0.425. The molecule has 0 bridgehead atoms. The molecule has 0 radical (unpaired) electrons. The van der Waals surface area contributed by atoms with Gasteiger partial charge in [-0.15, -0.1) is 0 Å². The Hall–Kier alpha value is -3.10. The maximum atomic E-state index is 12.5. The molecule has 9 heteroatoms. The molecule has 1 aromatic heterocycles. The number of esters is 1. The van der Waals surface area contributed by atoms with Crippen molar-refractivity contribution in [1.29, 1.82) is 0 Å². The average molecular weight is 349 g/mol. The smallest absolute Gasteiger partial charge is 0.307 e. The van der Waals surface area contributed by atoms with Crippen LogP contribution in [0, 0.1) is 0 Å². The third-order valence-electron chi connectivity index (χ3n) is 3.52. The molecule has 1 heterocycles. The molecule has 0 atom stereocenters. The van der Waals surface area contributed by atoms with Gasteiger partial charge in [-0.1, -0.05) is 0 Å². The summed E-state index contributed by atoms with van der Waals surface area (Å²) in [5.41, 5.74) is 0.0547. The van der Waals surface area contributed by atoms with E-state index in [0.29, 0.717) is 22.4 Å². The molecule has 0 saturated heterocycles. The topological polar surface area (TPSA) is 109 Å². The van der Waals surface area contributed by atoms with E-state index in [2.05, 4.69) is 15.0 Å². The highest BCUT2D eigenvalue weighted by atomic mass is 16.5. The van der Waals surface area contributed by atoms with Gasteiger partial charge in [0.1, 0.15) is 6.54 Å². The number of rotatable bonds is 7. The molecule has 0 aliphatic rings. The lowest BCUT2D eigenvalue weighted by Gasteiger charge is -2.10. The Morgan fingerprint density at radius 2 is 1.84 bits per heavy atom. The largest absolute Gasteiger partial charge is 0.493 e. The number of ether oxygens (including phenoxy) is 3. The second-order valence-electron chi connectivity index (χ2n) is 5.08. The molecule has 25 heavy (non-hydrogen) atoms. The summed E-state index contributed by atoms with van der Waals surface area (Å²) in [4.78, 5) is 39.6. The highest BCUT2D eigenvalue weighted by molar-refractivity contribution is 5.82. The fourth-order valence-corrected chi connectivity index (χ4v) is 2.21. The molecular formula is C16H19N3O6. The predicted molar refractivity (Wildman–Crippen MR) is 88.7 cm³/mol. The van der Waals surface area contributed by atoms with Gasteiger partial charge in [0, 0.05) is 12.6 Å². The third kappa shape index (κ3) is 4.25. The van der Waals surface area contributed by atoms with E-state index >= 15 is 0 Å². The predicted octanol–water partition coefficient (Wildman–Crippen LogP) is 0.0930. The van der Waals surface area contributed by atoms with E-state index in [9.17, 15) is 14.4 Å². The lowest BCUT2D eigenvalue weighted by atomic mass is 10.2. The van der Waals surface area contributed by atoms with Crippen molar-refractivity contribution in [3.63, 3.8) is 0 Å². The molecule has 1 amide bonds. The number of hydrogen-bond acceptors (Lipinski definition) is 7. The zero-order valence-corrected chi connectivity index (χ0v) is 14.2. The zero-order valence-electron chi connectivity index (χ0n) is 14.2. The highest BCUT2D eigenvalue weighted by Crippen LogP contribution is 2.29. The van der Waals surface area contributed by atoms with Crippen LogP contribution in [0.4, 0.5) is 0 Å². The number of aromatic nitrogens is 2. The van der Waals surface area contributed by atoms with Gasteiger partial charge in [0.2, 0.25) is 5.91 Å². The summed E-state index contributed by atoms with van der Waals surface area (Å²) < 4.78 is 16.0. The van der Waals surface area contributed by atoms with Gasteiger partial charge in [-0.3, -0.25) is 19.0 Å². The maximum absolute atomic E-state index is 12.5. The first-order valence-electron chi connectivity index (χ1n) is 7.44. The van der Waals surface area contributed by atoms with Crippen molar-refractivity contribution < 1.29 is 23.8 Å². The Bertz CT molecular complexity index is 846. The van der Waals surface area contributed by atoms with Crippen LogP contribution in [-0.2, 0) is 20.9 Å². The van der Waals surface area contributed by atoms with Gasteiger partial charge >= 0.3 is 5.97 Å². The van der Waals surface area contributed by atoms with Gasteiger partial charge in [-0.05, 0) is 6.07 Å². The quantitative estimate of drug-likeness (QED) is 0.706. The van der Waals surface area contributed by atoms with E-state index in [-0.39, 0.29) is 25.1 Å². The molecule has 0 spiro atoms. The SMILES string of the molecule is COC(=O)CCNC(=O)Cn1cnc2cc(OC)c(OC)cc2c1=O. The molecular weight excluding hydrogens is 330 g/mol. The number of carbonyl (C=O) groups is 2. The number of amides is 1. The van der Waals surface area contributed by atoms with Crippen molar-refractivity contribution in [2.45, 2.75) is 13.0 Å². The third-order valence-corrected chi connectivity index (χ3v) is 3.52. The number of nitrogens with one attached hydrogen (secondary N) is 1. The van der Waals surface area contributed by atoms with Gasteiger partial charge in [0.25, 0.3) is 5.56 Å². The summed E-state index contributed by atoms with van der Waals surface area (Å²) in [5, 5.41) is 2.85. The average Bonchev–Trinajstić information content (AvgIpc) is 2.62. The summed E-state index contributed by atoms with van der Waals surface area (Å²) in [5.74, 6) is 0.0212. The molecule has 0 unspecified atom stereocenters. The first-order valence-corrected chi connectivity index (χ1v) is 7.44. The van der Waals surface area contributed by atoms with Crippen LogP contribution in [0.15, 0.2) is 23.3 Å². The number of fused-ring (bicyclic) bond motifs is 1. The van der Waals surface area contributed by atoms with Gasteiger partial charge < -0.3 is 19.5 Å². The van der Waals surface area contributed by atoms with E-state index < -0.39 is 11.9 Å². The minimum Gasteiger partial charge on any atom is -0.493 e. The summed E-state index contributed by atoms with van der Waals surface area (Å²) >= 11 is 0. The van der Waals surface area contributed by atoms with Crippen LogP contribution in [0.5, 0.6) is 11.5 Å². The lowest BCUT2D eigenvalue weighted by Crippen LogP contribution is -2.33. The molecule has 9 nitrogen and oxygen atoms in total. The van der Waals surface area contributed by atoms with Gasteiger partial charge in [-0.2, -0.15) is 0 Å². The van der Waals surface area contributed by atoms with Gasteiger partial charge in [0.15, 0.2) is 11.5 Å². The fourth-order valence-electron chi connectivity index (χ4n) is 2.21. The Balaban J connectivity index is 2.19. The molecule has 0 aliphatic carbocycles. The van der Waals surface area contributed by atoms with Crippen LogP contribution in [-0.4, -0.2) is 49.3 Å². The van der Waals surface area contributed by atoms with Crippen LogP contribution in [0.1, 0.15) is 6.42 Å². The second-order valence-corrected chi connectivity index (χ2v) is 5.08. The van der Waals surface area contributed by atoms with E-state index in [1.54, 1.807) is 6.07 Å². The van der Waals surface area contributed by atoms with Crippen molar-refractivity contribution in [1.82, 2.24) is 14.9 Å². The molecule has 2 aromatic rings. The number of benzene rings is 1. The van der Waals surface area contributed by atoms with Crippen molar-refractivity contribution >= 4 is 22.8 Å². The van der Waals surface area contributed by atoms with E-state index in [1.807, 2.05) is 0 Å². The van der Waals surface area contributed by atoms with Crippen LogP contribution in [0.2, 0.25) is 0 Å². The lowest BCUT2D eigenvalue weighted by molar-refractivity contribution is -0.140. The van der Waals surface area contributed by atoms with E-state index in [4.69, 9.17) is 9.47 Å². The highest BCUT2D eigenvalue weighted by Gasteiger charge is 2.12. The first-order chi connectivity index (χ1) is 12.0. The van der Waals surface area contributed by atoms with Gasteiger partial charge in [0.05, 0.1) is 45.0 Å². The molecule has 0 saturated carbocycles. The molecule has 134 valence electrons. The molecule has 0 fully saturated rings. The van der Waals surface area contributed by atoms with Crippen molar-refractivity contribution in [2.24, 2.45) is 0 Å². The zero-order chi connectivity index (χ0) is 18.4. The Labute approximate surface area is 143 Å². The number of hydrogen-bond donors (Lipinski definition) is 1. The monoisotopic (exact) mass is 349 g/mol. The van der Waals surface area contributed by atoms with Crippen LogP contribution in [0.3, 0.4) is 0 Å². The Kier molecular flexibility index (Phi) is 5.93. The number of nitrogens with zero attached hydrogens (tertiary/aromatic N) is 2. The Morgan fingerprint density at radius 3 is 2.48 bits per heavy atom. The van der Waals surface area contributed by atoms with Crippen molar-refractivity contribution in [2.75, 3.05) is 27.9 Å². The van der Waals surface area contributed by atoms with Crippen molar-refractivity contribution in [3.05, 3.63) is 28.8 Å². The fraction of sp³-hybridized carbons (Fsp3) is 0.375. The van der Waals surface area contributed by atoms with E-state index in [0.717, 1.165) is 0 Å². The first kappa shape index (κ1) is 18.2. The molecule has 1 N–H and O–H groups in total. The molecule has 2 rings (SSSR count). The normalized spacial score (nSPS) is 10.4. The van der Waals surface area contributed by atoms with Crippen LogP contribution < -0.4 is 20.3 Å². The van der Waals surface area contributed by atoms with Crippen LogP contribution in [0.25, 0.3) is 10.9 Å². The molecule has 1 aromatic carbocycles. The van der Waals surface area contributed by atoms with Gasteiger partial charge in [-0.25, -0.2) is 4.98 Å². The van der Waals surface area contributed by atoms with Crippen LogP contribution >= 0.6 is 0 Å². The summed E-state index contributed by atoms with van der Waals surface area (Å²) in [6, 6.07) is 3.12. The van der Waals surface area contributed by atoms with E-state index in [1.165, 1.54) is 38.3 Å². The summed E-state index contributed by atoms with van der Waals surface area (Å²) in [7, 11) is 4.23. The minimum absolute atomic E-state index is 0.0596. The number of methoxy groups -OCH3 is 3. The van der Waals surface area contributed by atoms with Crippen molar-refractivity contribution in [3.8, 4) is 11.5 Å². The standard InChI is InChI=1S/C16H19N3O6/c1-23-12-6-10-11(7-13(12)24-2)18-9-19(16(10)22)8-14(20)17-5-4-15(21)25-3/h6-7,9H,4-5,8H2,1-3H3,(H,17,20). The second kappa shape index (κ2) is 8.13. The number of carbonyl (C=O) groups excluding carboxylic acids is 2. The Morgan fingerprint density at radius 1 is 1.16 bits per heavy atom. The summed E-state index contributed by atoms with van der Waals surface area (Å²) in [6.07, 6.45) is 1.35. The maximum Gasteiger partial charge on any atom is 0.307 e. The molecule has 0 aliphatic heterocycles.